The van der Waals surface area contributed by atoms with E-state index in [1.807, 2.05) is 25.1 Å². The third-order valence-electron chi connectivity index (χ3n) is 3.37. The van der Waals surface area contributed by atoms with Crippen molar-refractivity contribution in [1.82, 2.24) is 0 Å². The summed E-state index contributed by atoms with van der Waals surface area (Å²) in [5.74, 6) is 0.153. The van der Waals surface area contributed by atoms with Crippen molar-refractivity contribution in [2.45, 2.75) is 13.8 Å². The smallest absolute Gasteiger partial charge is 0.170 e. The standard InChI is InChI=1S/C17H14OS/c1-11-15-9-8-14(13-6-4-3-5-7-13)10-16(15)19-17(11)12(2)18/h3-10H,1-2H3. The second kappa shape index (κ2) is 4.63. The highest BCUT2D eigenvalue weighted by Crippen LogP contribution is 2.34. The number of thiophene rings is 1. The first-order valence-corrected chi connectivity index (χ1v) is 7.08. The molecule has 0 saturated heterocycles. The van der Waals surface area contributed by atoms with Crippen LogP contribution >= 0.6 is 11.3 Å². The Bertz CT molecular complexity index is 754. The summed E-state index contributed by atoms with van der Waals surface area (Å²) in [6, 6.07) is 16.7. The number of benzene rings is 2. The van der Waals surface area contributed by atoms with Gasteiger partial charge in [-0.15, -0.1) is 11.3 Å². The van der Waals surface area contributed by atoms with Crippen LogP contribution in [0.4, 0.5) is 0 Å². The average Bonchev–Trinajstić information content (AvgIpc) is 2.77. The van der Waals surface area contributed by atoms with Gasteiger partial charge in [0.25, 0.3) is 0 Å². The van der Waals surface area contributed by atoms with E-state index in [0.717, 1.165) is 10.4 Å². The molecule has 1 aromatic heterocycles. The second-order valence-corrected chi connectivity index (χ2v) is 5.74. The first-order valence-electron chi connectivity index (χ1n) is 6.26. The largest absolute Gasteiger partial charge is 0.294 e. The zero-order valence-corrected chi connectivity index (χ0v) is 11.8. The lowest BCUT2D eigenvalue weighted by molar-refractivity contribution is 0.102. The molecule has 0 unspecified atom stereocenters. The molecule has 1 nitrogen and oxygen atoms in total. The van der Waals surface area contributed by atoms with E-state index in [2.05, 4.69) is 30.3 Å². The van der Waals surface area contributed by atoms with Crippen molar-refractivity contribution in [1.29, 1.82) is 0 Å². The zero-order chi connectivity index (χ0) is 13.4. The van der Waals surface area contributed by atoms with E-state index < -0.39 is 0 Å². The number of aryl methyl sites for hydroxylation is 1. The summed E-state index contributed by atoms with van der Waals surface area (Å²) in [5, 5.41) is 1.19. The van der Waals surface area contributed by atoms with Crippen LogP contribution in [0.1, 0.15) is 22.2 Å². The summed E-state index contributed by atoms with van der Waals surface area (Å²) >= 11 is 1.59. The molecule has 3 aromatic rings. The quantitative estimate of drug-likeness (QED) is 0.591. The van der Waals surface area contributed by atoms with Gasteiger partial charge >= 0.3 is 0 Å². The van der Waals surface area contributed by atoms with E-state index in [4.69, 9.17) is 0 Å². The molecule has 0 aliphatic carbocycles. The molecule has 0 radical (unpaired) electrons. The topological polar surface area (TPSA) is 17.1 Å². The first-order chi connectivity index (χ1) is 9.16. The molecule has 0 bridgehead atoms. The van der Waals surface area contributed by atoms with Gasteiger partial charge in [0, 0.05) is 4.70 Å². The lowest BCUT2D eigenvalue weighted by Gasteiger charge is -2.01. The molecular formula is C17H14OS. The van der Waals surface area contributed by atoms with Crippen molar-refractivity contribution in [2.24, 2.45) is 0 Å². The number of ketones is 1. The summed E-state index contributed by atoms with van der Waals surface area (Å²) in [7, 11) is 0. The molecule has 0 spiro atoms. The normalized spacial score (nSPS) is 10.8. The minimum atomic E-state index is 0.153. The second-order valence-electron chi connectivity index (χ2n) is 4.69. The maximum Gasteiger partial charge on any atom is 0.170 e. The average molecular weight is 266 g/mol. The number of fused-ring (bicyclic) bond motifs is 1. The number of Topliss-reactive ketones (excluding diaryl/α,β-unsaturated/α-hetero) is 1. The molecule has 94 valence electrons. The van der Waals surface area contributed by atoms with Crippen molar-refractivity contribution < 1.29 is 4.79 Å². The molecule has 0 aliphatic heterocycles. The van der Waals surface area contributed by atoms with E-state index in [9.17, 15) is 4.79 Å². The highest BCUT2D eigenvalue weighted by atomic mass is 32.1. The Kier molecular flexibility index (Phi) is 2.96. The Hall–Kier alpha value is -1.93. The minimum Gasteiger partial charge on any atom is -0.294 e. The fraction of sp³-hybridized carbons (Fsp3) is 0.118. The van der Waals surface area contributed by atoms with Crippen LogP contribution in [0.2, 0.25) is 0 Å². The molecule has 2 aromatic carbocycles. The van der Waals surface area contributed by atoms with Crippen LogP contribution in [0.25, 0.3) is 21.2 Å². The SMILES string of the molecule is CC(=O)c1sc2cc(-c3ccccc3)ccc2c1C. The van der Waals surface area contributed by atoms with Crippen molar-refractivity contribution in [3.63, 3.8) is 0 Å². The molecular weight excluding hydrogens is 252 g/mol. The van der Waals surface area contributed by atoms with Gasteiger partial charge in [-0.2, -0.15) is 0 Å². The van der Waals surface area contributed by atoms with Crippen molar-refractivity contribution in [3.05, 3.63) is 59.0 Å². The highest BCUT2D eigenvalue weighted by molar-refractivity contribution is 7.21. The Balaban J connectivity index is 2.19. The van der Waals surface area contributed by atoms with Crippen LogP contribution < -0.4 is 0 Å². The summed E-state index contributed by atoms with van der Waals surface area (Å²) in [6.45, 7) is 3.66. The van der Waals surface area contributed by atoms with Crippen LogP contribution in [-0.4, -0.2) is 5.78 Å². The third-order valence-corrected chi connectivity index (χ3v) is 4.72. The summed E-state index contributed by atoms with van der Waals surface area (Å²) in [6.07, 6.45) is 0. The maximum absolute atomic E-state index is 11.6. The van der Waals surface area contributed by atoms with Crippen molar-refractivity contribution in [3.8, 4) is 11.1 Å². The van der Waals surface area contributed by atoms with Gasteiger partial charge in [-0.25, -0.2) is 0 Å². The molecule has 0 saturated carbocycles. The van der Waals surface area contributed by atoms with Crippen LogP contribution in [0.5, 0.6) is 0 Å². The lowest BCUT2D eigenvalue weighted by atomic mass is 10.0. The third kappa shape index (κ3) is 2.08. The Morgan fingerprint density at radius 2 is 1.74 bits per heavy atom. The molecule has 0 N–H and O–H groups in total. The molecule has 0 atom stereocenters. The Morgan fingerprint density at radius 1 is 1.00 bits per heavy atom. The highest BCUT2D eigenvalue weighted by Gasteiger charge is 2.12. The number of hydrogen-bond acceptors (Lipinski definition) is 2. The summed E-state index contributed by atoms with van der Waals surface area (Å²) in [4.78, 5) is 12.5. The van der Waals surface area contributed by atoms with E-state index in [1.54, 1.807) is 18.3 Å². The number of hydrogen-bond donors (Lipinski definition) is 0. The van der Waals surface area contributed by atoms with E-state index >= 15 is 0 Å². The molecule has 0 fully saturated rings. The van der Waals surface area contributed by atoms with Gasteiger partial charge < -0.3 is 0 Å². The van der Waals surface area contributed by atoms with E-state index in [-0.39, 0.29) is 5.78 Å². The Morgan fingerprint density at radius 3 is 2.42 bits per heavy atom. The summed E-state index contributed by atoms with van der Waals surface area (Å²) in [5.41, 5.74) is 3.51. The van der Waals surface area contributed by atoms with Gasteiger partial charge in [-0.05, 0) is 42.0 Å². The van der Waals surface area contributed by atoms with Crippen LogP contribution in [0, 0.1) is 6.92 Å². The van der Waals surface area contributed by atoms with Crippen molar-refractivity contribution in [2.75, 3.05) is 0 Å². The van der Waals surface area contributed by atoms with Crippen molar-refractivity contribution >= 4 is 27.2 Å². The zero-order valence-electron chi connectivity index (χ0n) is 10.9. The molecule has 0 aliphatic rings. The molecule has 3 rings (SSSR count). The predicted molar refractivity (Wildman–Crippen MR) is 82.0 cm³/mol. The number of rotatable bonds is 2. The van der Waals surface area contributed by atoms with E-state index in [1.165, 1.54) is 21.2 Å². The predicted octanol–water partition coefficient (Wildman–Crippen LogP) is 5.08. The van der Waals surface area contributed by atoms with Crippen LogP contribution in [-0.2, 0) is 0 Å². The van der Waals surface area contributed by atoms with Crippen LogP contribution in [0.3, 0.4) is 0 Å². The number of carbonyl (C=O) groups excluding carboxylic acids is 1. The van der Waals surface area contributed by atoms with Gasteiger partial charge in [0.2, 0.25) is 0 Å². The van der Waals surface area contributed by atoms with Crippen LogP contribution in [0.15, 0.2) is 48.5 Å². The van der Waals surface area contributed by atoms with Gasteiger partial charge in [0.05, 0.1) is 4.88 Å². The Labute approximate surface area is 116 Å². The monoisotopic (exact) mass is 266 g/mol. The lowest BCUT2D eigenvalue weighted by Crippen LogP contribution is -1.88. The number of carbonyl (C=O) groups is 1. The minimum absolute atomic E-state index is 0.153. The summed E-state index contributed by atoms with van der Waals surface area (Å²) < 4.78 is 1.18. The first kappa shape index (κ1) is 12.1. The van der Waals surface area contributed by atoms with Gasteiger partial charge in [-0.1, -0.05) is 42.5 Å². The van der Waals surface area contributed by atoms with Gasteiger partial charge in [-0.3, -0.25) is 4.79 Å². The van der Waals surface area contributed by atoms with Gasteiger partial charge in [0.15, 0.2) is 5.78 Å². The molecule has 0 amide bonds. The van der Waals surface area contributed by atoms with E-state index in [0.29, 0.717) is 0 Å². The molecule has 1 heterocycles. The fourth-order valence-electron chi connectivity index (χ4n) is 2.37. The fourth-order valence-corrected chi connectivity index (χ4v) is 3.52. The molecule has 19 heavy (non-hydrogen) atoms. The maximum atomic E-state index is 11.6. The molecule has 2 heteroatoms. The van der Waals surface area contributed by atoms with Gasteiger partial charge in [0.1, 0.15) is 0 Å².